The zero-order valence-electron chi connectivity index (χ0n) is 19.1. The Kier molecular flexibility index (Phi) is 6.71. The van der Waals surface area contributed by atoms with E-state index in [1.807, 2.05) is 32.9 Å². The Hall–Kier alpha value is -2.91. The number of amides is 1. The molecule has 3 aromatic heterocycles. The summed E-state index contributed by atoms with van der Waals surface area (Å²) in [5.74, 6) is 0.745. The molecule has 0 aliphatic heterocycles. The number of carbonyl (C=O) groups excluding carboxylic acids is 1. The second-order valence-electron chi connectivity index (χ2n) is 8.57. The molecule has 1 saturated carbocycles. The van der Waals surface area contributed by atoms with Gasteiger partial charge in [-0.3, -0.25) is 14.8 Å². The van der Waals surface area contributed by atoms with Crippen molar-refractivity contribution in [2.45, 2.75) is 52.5 Å². The van der Waals surface area contributed by atoms with Crippen molar-refractivity contribution in [1.82, 2.24) is 19.7 Å². The average Bonchev–Trinajstić information content (AvgIpc) is 3.63. The molecule has 0 aromatic carbocycles. The first-order valence-electron chi connectivity index (χ1n) is 11.3. The highest BCUT2D eigenvalue weighted by Gasteiger charge is 2.29. The summed E-state index contributed by atoms with van der Waals surface area (Å²) in [5, 5.41) is 3.71. The Morgan fingerprint density at radius 3 is 2.55 bits per heavy atom. The van der Waals surface area contributed by atoms with E-state index in [9.17, 15) is 13.2 Å². The number of pyridine rings is 3. The maximum atomic E-state index is 12.2. The van der Waals surface area contributed by atoms with E-state index in [0.29, 0.717) is 24.4 Å². The summed E-state index contributed by atoms with van der Waals surface area (Å²) in [5.41, 5.74) is 4.25. The van der Waals surface area contributed by atoms with Crippen LogP contribution in [0.5, 0.6) is 0 Å². The quantitative estimate of drug-likeness (QED) is 0.489. The van der Waals surface area contributed by atoms with Gasteiger partial charge in [-0.25, -0.2) is 18.1 Å². The van der Waals surface area contributed by atoms with Gasteiger partial charge in [0.05, 0.1) is 23.0 Å². The van der Waals surface area contributed by atoms with Gasteiger partial charge in [0.15, 0.2) is 0 Å². The van der Waals surface area contributed by atoms with Crippen LogP contribution in [-0.4, -0.2) is 35.0 Å². The lowest BCUT2D eigenvalue weighted by atomic mass is 10.0. The predicted octanol–water partition coefficient (Wildman–Crippen LogP) is 4.13. The number of nitrogens with one attached hydrogen (secondary N) is 2. The predicted molar refractivity (Wildman–Crippen MR) is 129 cm³/mol. The molecule has 0 bridgehead atoms. The third-order valence-electron chi connectivity index (χ3n) is 5.77. The van der Waals surface area contributed by atoms with Gasteiger partial charge in [0.2, 0.25) is 15.9 Å². The van der Waals surface area contributed by atoms with Crippen molar-refractivity contribution in [3.63, 3.8) is 0 Å². The molecule has 9 heteroatoms. The van der Waals surface area contributed by atoms with Crippen LogP contribution in [0.15, 0.2) is 36.8 Å². The SMILES string of the molecule is CCCS(=O)(=O)NC(CC)c1cc(C)c(-c2cnc3cc(NC(=O)C4CC4)ncc3c2)cn1. The summed E-state index contributed by atoms with van der Waals surface area (Å²) in [4.78, 5) is 25.5. The van der Waals surface area contributed by atoms with E-state index in [2.05, 4.69) is 25.0 Å². The molecule has 3 heterocycles. The number of nitrogens with zero attached hydrogens (tertiary/aromatic N) is 3. The molecule has 1 amide bonds. The standard InChI is InChI=1S/C24H29N5O3S/c1-4-8-33(31,32)29-20(5-2)22-9-15(3)19(14-26-22)17-10-18-13-27-23(11-21(18)25-12-17)28-24(30)16-6-7-16/h9-14,16,20,29H,4-8H2,1-3H3,(H,27,28,30). The minimum atomic E-state index is -3.34. The number of aryl methyl sites for hydroxylation is 1. The first-order chi connectivity index (χ1) is 15.8. The van der Waals surface area contributed by atoms with Gasteiger partial charge in [-0.15, -0.1) is 0 Å². The van der Waals surface area contributed by atoms with E-state index in [-0.39, 0.29) is 23.6 Å². The summed E-state index contributed by atoms with van der Waals surface area (Å²) in [6.07, 6.45) is 8.31. The number of hydrogen-bond donors (Lipinski definition) is 2. The Morgan fingerprint density at radius 1 is 1.09 bits per heavy atom. The van der Waals surface area contributed by atoms with Crippen LogP contribution in [0, 0.1) is 12.8 Å². The molecule has 1 fully saturated rings. The maximum Gasteiger partial charge on any atom is 0.228 e. The van der Waals surface area contributed by atoms with Crippen molar-refractivity contribution < 1.29 is 13.2 Å². The monoisotopic (exact) mass is 467 g/mol. The highest BCUT2D eigenvalue weighted by Crippen LogP contribution is 2.31. The Balaban J connectivity index is 1.56. The van der Waals surface area contributed by atoms with E-state index < -0.39 is 10.0 Å². The molecule has 1 aliphatic rings. The van der Waals surface area contributed by atoms with Crippen molar-refractivity contribution in [1.29, 1.82) is 0 Å². The normalized spacial score (nSPS) is 14.9. The van der Waals surface area contributed by atoms with Crippen LogP contribution in [0.4, 0.5) is 5.82 Å². The smallest absolute Gasteiger partial charge is 0.228 e. The van der Waals surface area contributed by atoms with Crippen LogP contribution in [0.1, 0.15) is 56.8 Å². The van der Waals surface area contributed by atoms with E-state index in [1.54, 1.807) is 24.7 Å². The van der Waals surface area contributed by atoms with Crippen LogP contribution < -0.4 is 10.0 Å². The maximum absolute atomic E-state index is 12.2. The number of aromatic nitrogens is 3. The summed E-state index contributed by atoms with van der Waals surface area (Å²) >= 11 is 0. The minimum absolute atomic E-state index is 0.0163. The number of rotatable bonds is 9. The summed E-state index contributed by atoms with van der Waals surface area (Å²) < 4.78 is 27.2. The Morgan fingerprint density at radius 2 is 1.88 bits per heavy atom. The molecule has 1 aliphatic carbocycles. The van der Waals surface area contributed by atoms with Crippen molar-refractivity contribution in [3.8, 4) is 11.1 Å². The van der Waals surface area contributed by atoms with Crippen molar-refractivity contribution in [2.24, 2.45) is 5.92 Å². The largest absolute Gasteiger partial charge is 0.310 e. The first kappa shape index (κ1) is 23.3. The molecule has 0 saturated heterocycles. The number of hydrogen-bond acceptors (Lipinski definition) is 6. The lowest BCUT2D eigenvalue weighted by Crippen LogP contribution is -2.30. The molecule has 174 valence electrons. The fourth-order valence-corrected chi connectivity index (χ4v) is 5.16. The van der Waals surface area contributed by atoms with Gasteiger partial charge >= 0.3 is 0 Å². The lowest BCUT2D eigenvalue weighted by molar-refractivity contribution is -0.117. The molecule has 3 aromatic rings. The molecule has 2 N–H and O–H groups in total. The van der Waals surface area contributed by atoms with Crippen molar-refractivity contribution in [3.05, 3.63) is 48.0 Å². The fraction of sp³-hybridized carbons (Fsp3) is 0.417. The second kappa shape index (κ2) is 9.52. The molecule has 0 radical (unpaired) electrons. The van der Waals surface area contributed by atoms with Crippen molar-refractivity contribution in [2.75, 3.05) is 11.1 Å². The van der Waals surface area contributed by atoms with Gasteiger partial charge < -0.3 is 5.32 Å². The number of anilines is 1. The zero-order valence-corrected chi connectivity index (χ0v) is 19.9. The van der Waals surface area contributed by atoms with Crippen LogP contribution in [0.25, 0.3) is 22.0 Å². The minimum Gasteiger partial charge on any atom is -0.310 e. The Bertz CT molecular complexity index is 1290. The Labute approximate surface area is 194 Å². The number of carbonyl (C=O) groups is 1. The van der Waals surface area contributed by atoms with Gasteiger partial charge in [-0.05, 0) is 50.3 Å². The summed E-state index contributed by atoms with van der Waals surface area (Å²) in [6, 6.07) is 5.34. The van der Waals surface area contributed by atoms with Gasteiger partial charge in [-0.2, -0.15) is 0 Å². The topological polar surface area (TPSA) is 114 Å². The third-order valence-corrected chi connectivity index (χ3v) is 7.36. The van der Waals surface area contributed by atoms with E-state index in [0.717, 1.165) is 40.4 Å². The summed E-state index contributed by atoms with van der Waals surface area (Å²) in [6.45, 7) is 5.76. The van der Waals surface area contributed by atoms with Crippen molar-refractivity contribution >= 4 is 32.7 Å². The van der Waals surface area contributed by atoms with Gasteiger partial charge in [0.1, 0.15) is 5.82 Å². The highest BCUT2D eigenvalue weighted by atomic mass is 32.2. The molecule has 33 heavy (non-hydrogen) atoms. The number of sulfonamides is 1. The van der Waals surface area contributed by atoms with E-state index in [4.69, 9.17) is 0 Å². The number of fused-ring (bicyclic) bond motifs is 1. The van der Waals surface area contributed by atoms with Crippen LogP contribution >= 0.6 is 0 Å². The fourth-order valence-electron chi connectivity index (χ4n) is 3.78. The van der Waals surface area contributed by atoms with E-state index >= 15 is 0 Å². The van der Waals surface area contributed by atoms with Gasteiger partial charge in [0.25, 0.3) is 0 Å². The van der Waals surface area contributed by atoms with Gasteiger partial charge in [0, 0.05) is 47.1 Å². The first-order valence-corrected chi connectivity index (χ1v) is 13.0. The molecular formula is C24H29N5O3S. The zero-order chi connectivity index (χ0) is 23.6. The highest BCUT2D eigenvalue weighted by molar-refractivity contribution is 7.89. The molecule has 0 spiro atoms. The molecule has 4 rings (SSSR count). The molecule has 8 nitrogen and oxygen atoms in total. The van der Waals surface area contributed by atoms with Crippen LogP contribution in [-0.2, 0) is 14.8 Å². The van der Waals surface area contributed by atoms with E-state index in [1.165, 1.54) is 0 Å². The molecule has 1 unspecified atom stereocenters. The van der Waals surface area contributed by atoms with Crippen LogP contribution in [0.3, 0.4) is 0 Å². The second-order valence-corrected chi connectivity index (χ2v) is 10.4. The molecule has 1 atom stereocenters. The third kappa shape index (κ3) is 5.54. The summed E-state index contributed by atoms with van der Waals surface area (Å²) in [7, 11) is -3.34. The average molecular weight is 468 g/mol. The lowest BCUT2D eigenvalue weighted by Gasteiger charge is -2.18. The molecular weight excluding hydrogens is 438 g/mol. The van der Waals surface area contributed by atoms with Crippen LogP contribution in [0.2, 0.25) is 0 Å². The van der Waals surface area contributed by atoms with Gasteiger partial charge in [-0.1, -0.05) is 13.8 Å².